The molecule has 1 aliphatic heterocycles. The number of aromatic nitrogens is 1. The molecule has 6 nitrogen and oxygen atoms in total. The number of piperidine rings is 1. The Labute approximate surface area is 153 Å². The lowest BCUT2D eigenvalue weighted by molar-refractivity contribution is 0.0724. The zero-order chi connectivity index (χ0) is 18.4. The minimum Gasteiger partial charge on any atom is -0.492 e. The van der Waals surface area contributed by atoms with Crippen molar-refractivity contribution in [3.05, 3.63) is 53.9 Å². The predicted molar refractivity (Wildman–Crippen MR) is 99.6 cm³/mol. The van der Waals surface area contributed by atoms with Crippen LogP contribution >= 0.6 is 0 Å². The van der Waals surface area contributed by atoms with Gasteiger partial charge in [-0.1, -0.05) is 12.1 Å². The lowest BCUT2D eigenvalue weighted by Gasteiger charge is -2.26. The number of carbonyl (C=O) groups is 2. The molecule has 0 bridgehead atoms. The maximum atomic E-state index is 12.6. The third-order valence-electron chi connectivity index (χ3n) is 4.32. The van der Waals surface area contributed by atoms with Crippen molar-refractivity contribution in [2.75, 3.05) is 25.0 Å². The number of hydrogen-bond donors (Lipinski definition) is 1. The van der Waals surface area contributed by atoms with Crippen LogP contribution in [-0.2, 0) is 0 Å². The molecule has 0 spiro atoms. The third-order valence-corrected chi connectivity index (χ3v) is 4.32. The molecule has 2 heterocycles. The number of hydrogen-bond acceptors (Lipinski definition) is 4. The number of amides is 2. The molecule has 1 N–H and O–H groups in total. The zero-order valence-corrected chi connectivity index (χ0v) is 14.9. The number of nitrogens with zero attached hydrogens (tertiary/aromatic N) is 2. The Hall–Kier alpha value is -2.89. The Morgan fingerprint density at radius 1 is 1.15 bits per heavy atom. The van der Waals surface area contributed by atoms with Crippen LogP contribution in [0.15, 0.2) is 42.6 Å². The van der Waals surface area contributed by atoms with Crippen LogP contribution in [0.5, 0.6) is 5.75 Å². The quantitative estimate of drug-likeness (QED) is 0.895. The van der Waals surface area contributed by atoms with E-state index in [0.717, 1.165) is 32.4 Å². The number of rotatable bonds is 5. The third kappa shape index (κ3) is 4.20. The van der Waals surface area contributed by atoms with Gasteiger partial charge in [-0.2, -0.15) is 0 Å². The number of ether oxygens (including phenoxy) is 1. The van der Waals surface area contributed by atoms with Crippen molar-refractivity contribution in [2.24, 2.45) is 0 Å². The van der Waals surface area contributed by atoms with Crippen molar-refractivity contribution in [2.45, 2.75) is 26.2 Å². The first kappa shape index (κ1) is 17.9. The molecule has 26 heavy (non-hydrogen) atoms. The summed E-state index contributed by atoms with van der Waals surface area (Å²) in [5, 5.41) is 2.81. The minimum absolute atomic E-state index is 0.0455. The second-order valence-electron chi connectivity index (χ2n) is 6.17. The first-order chi connectivity index (χ1) is 12.7. The summed E-state index contributed by atoms with van der Waals surface area (Å²) >= 11 is 0. The first-order valence-electron chi connectivity index (χ1n) is 8.97. The molecule has 3 rings (SSSR count). The molecule has 1 aromatic carbocycles. The van der Waals surface area contributed by atoms with Gasteiger partial charge in [-0.05, 0) is 50.5 Å². The second kappa shape index (κ2) is 8.47. The van der Waals surface area contributed by atoms with Crippen molar-refractivity contribution in [1.82, 2.24) is 9.88 Å². The van der Waals surface area contributed by atoms with Crippen LogP contribution in [0.4, 0.5) is 5.69 Å². The number of likely N-dealkylation sites (tertiary alicyclic amines) is 1. The second-order valence-corrected chi connectivity index (χ2v) is 6.17. The molecule has 1 aromatic heterocycles. The Bertz CT molecular complexity index is 785. The summed E-state index contributed by atoms with van der Waals surface area (Å²) in [6.45, 7) is 3.93. The van der Waals surface area contributed by atoms with E-state index >= 15 is 0 Å². The van der Waals surface area contributed by atoms with E-state index in [1.54, 1.807) is 24.3 Å². The summed E-state index contributed by atoms with van der Waals surface area (Å²) in [5.74, 6) is 0.185. The molecule has 0 radical (unpaired) electrons. The monoisotopic (exact) mass is 353 g/mol. The summed E-state index contributed by atoms with van der Waals surface area (Å²) in [4.78, 5) is 31.1. The highest BCUT2D eigenvalue weighted by Gasteiger charge is 2.20. The average molecular weight is 353 g/mol. The van der Waals surface area contributed by atoms with Gasteiger partial charge in [0.2, 0.25) is 0 Å². The fourth-order valence-electron chi connectivity index (χ4n) is 3.00. The van der Waals surface area contributed by atoms with Crippen molar-refractivity contribution < 1.29 is 14.3 Å². The SMILES string of the molecule is CCOc1ccccc1NC(=O)c1cc(C(=O)N2CCCCC2)ccn1. The van der Waals surface area contributed by atoms with Gasteiger partial charge in [-0.25, -0.2) is 0 Å². The van der Waals surface area contributed by atoms with Gasteiger partial charge in [0.25, 0.3) is 11.8 Å². The van der Waals surface area contributed by atoms with Crippen LogP contribution in [0.3, 0.4) is 0 Å². The van der Waals surface area contributed by atoms with Gasteiger partial charge in [0.05, 0.1) is 12.3 Å². The molecule has 136 valence electrons. The van der Waals surface area contributed by atoms with Gasteiger partial charge in [0, 0.05) is 24.8 Å². The highest BCUT2D eigenvalue weighted by molar-refractivity contribution is 6.05. The minimum atomic E-state index is -0.370. The normalized spacial score (nSPS) is 14.0. The molecular weight excluding hydrogens is 330 g/mol. The molecule has 0 aliphatic carbocycles. The fourth-order valence-corrected chi connectivity index (χ4v) is 3.00. The molecular formula is C20H23N3O3. The van der Waals surface area contributed by atoms with E-state index in [4.69, 9.17) is 4.74 Å². The lowest BCUT2D eigenvalue weighted by Crippen LogP contribution is -2.35. The number of para-hydroxylation sites is 2. The largest absolute Gasteiger partial charge is 0.492 e. The van der Waals surface area contributed by atoms with Crippen LogP contribution in [0.25, 0.3) is 0 Å². The van der Waals surface area contributed by atoms with Crippen molar-refractivity contribution >= 4 is 17.5 Å². The van der Waals surface area contributed by atoms with E-state index in [0.29, 0.717) is 23.6 Å². The number of anilines is 1. The smallest absolute Gasteiger partial charge is 0.274 e. The first-order valence-corrected chi connectivity index (χ1v) is 8.97. The molecule has 0 unspecified atom stereocenters. The molecule has 1 fully saturated rings. The van der Waals surface area contributed by atoms with Crippen LogP contribution in [0, 0.1) is 0 Å². The van der Waals surface area contributed by atoms with E-state index in [1.807, 2.05) is 24.0 Å². The van der Waals surface area contributed by atoms with E-state index in [1.165, 1.54) is 6.20 Å². The summed E-state index contributed by atoms with van der Waals surface area (Å²) < 4.78 is 5.52. The maximum absolute atomic E-state index is 12.6. The van der Waals surface area contributed by atoms with E-state index in [2.05, 4.69) is 10.3 Å². The number of benzene rings is 1. The summed E-state index contributed by atoms with van der Waals surface area (Å²) in [7, 11) is 0. The van der Waals surface area contributed by atoms with Crippen molar-refractivity contribution in [1.29, 1.82) is 0 Å². The predicted octanol–water partition coefficient (Wildman–Crippen LogP) is 3.36. The number of nitrogens with one attached hydrogen (secondary N) is 1. The molecule has 6 heteroatoms. The Morgan fingerprint density at radius 2 is 1.92 bits per heavy atom. The van der Waals surface area contributed by atoms with Gasteiger partial charge in [-0.15, -0.1) is 0 Å². The molecule has 0 saturated carbocycles. The summed E-state index contributed by atoms with van der Waals surface area (Å²) in [5.41, 5.74) is 1.28. The molecule has 1 aliphatic rings. The van der Waals surface area contributed by atoms with Gasteiger partial charge >= 0.3 is 0 Å². The van der Waals surface area contributed by atoms with Gasteiger partial charge in [0.15, 0.2) is 0 Å². The van der Waals surface area contributed by atoms with Crippen molar-refractivity contribution in [3.63, 3.8) is 0 Å². The van der Waals surface area contributed by atoms with Gasteiger partial charge < -0.3 is 15.0 Å². The Balaban J connectivity index is 1.75. The zero-order valence-electron chi connectivity index (χ0n) is 14.9. The van der Waals surface area contributed by atoms with Crippen molar-refractivity contribution in [3.8, 4) is 5.75 Å². The van der Waals surface area contributed by atoms with E-state index < -0.39 is 0 Å². The van der Waals surface area contributed by atoms with Crippen LogP contribution in [0.1, 0.15) is 47.0 Å². The number of pyridine rings is 1. The fraction of sp³-hybridized carbons (Fsp3) is 0.350. The highest BCUT2D eigenvalue weighted by atomic mass is 16.5. The lowest BCUT2D eigenvalue weighted by atomic mass is 10.1. The number of carbonyl (C=O) groups excluding carboxylic acids is 2. The van der Waals surface area contributed by atoms with E-state index in [-0.39, 0.29) is 17.5 Å². The average Bonchev–Trinajstić information content (AvgIpc) is 2.70. The molecule has 2 amide bonds. The Kier molecular flexibility index (Phi) is 5.84. The molecule has 1 saturated heterocycles. The maximum Gasteiger partial charge on any atom is 0.274 e. The molecule has 0 atom stereocenters. The Morgan fingerprint density at radius 3 is 2.69 bits per heavy atom. The van der Waals surface area contributed by atoms with Gasteiger partial charge in [-0.3, -0.25) is 14.6 Å². The summed E-state index contributed by atoms with van der Waals surface area (Å²) in [6, 6.07) is 10.4. The summed E-state index contributed by atoms with van der Waals surface area (Å²) in [6.07, 6.45) is 4.71. The van der Waals surface area contributed by atoms with Gasteiger partial charge in [0.1, 0.15) is 11.4 Å². The van der Waals surface area contributed by atoms with Crippen LogP contribution < -0.4 is 10.1 Å². The van der Waals surface area contributed by atoms with Crippen LogP contribution in [0.2, 0.25) is 0 Å². The highest BCUT2D eigenvalue weighted by Crippen LogP contribution is 2.24. The van der Waals surface area contributed by atoms with Crippen LogP contribution in [-0.4, -0.2) is 41.4 Å². The topological polar surface area (TPSA) is 71.5 Å². The molecule has 2 aromatic rings. The standard InChI is InChI=1S/C20H23N3O3/c1-2-26-18-9-5-4-8-16(18)22-19(24)17-14-15(10-11-21-17)20(25)23-12-6-3-7-13-23/h4-5,8-11,14H,2-3,6-7,12-13H2,1H3,(H,22,24). The van der Waals surface area contributed by atoms with E-state index in [9.17, 15) is 9.59 Å².